The number of aryl methyl sites for hydroxylation is 1. The summed E-state index contributed by atoms with van der Waals surface area (Å²) in [6.07, 6.45) is 1.59. The van der Waals surface area contributed by atoms with Crippen LogP contribution in [0, 0.1) is 6.92 Å². The van der Waals surface area contributed by atoms with Gasteiger partial charge in [0.25, 0.3) is 11.1 Å². The maximum Gasteiger partial charge on any atom is 0.293 e. The van der Waals surface area contributed by atoms with E-state index >= 15 is 0 Å². The van der Waals surface area contributed by atoms with Gasteiger partial charge in [0.05, 0.1) is 25.7 Å². The number of amides is 2. The zero-order chi connectivity index (χ0) is 19.6. The Hall–Kier alpha value is -2.93. The molecule has 1 heterocycles. The first kappa shape index (κ1) is 18.8. The molecular formula is C20H19NO5S. The van der Waals surface area contributed by atoms with Gasteiger partial charge in [0.15, 0.2) is 11.5 Å². The van der Waals surface area contributed by atoms with Crippen molar-refractivity contribution in [3.8, 4) is 17.2 Å². The van der Waals surface area contributed by atoms with Gasteiger partial charge < -0.3 is 14.6 Å². The minimum Gasteiger partial charge on any atom is -0.502 e. The zero-order valence-electron chi connectivity index (χ0n) is 15.2. The SMILES string of the molecule is COc1cc(/C=C2/SC(=O)N(Cc3cccc(C)c3)C2=O)cc(OC)c1O. The van der Waals surface area contributed by atoms with E-state index in [4.69, 9.17) is 9.47 Å². The molecule has 3 rings (SSSR count). The summed E-state index contributed by atoms with van der Waals surface area (Å²) in [4.78, 5) is 26.5. The number of rotatable bonds is 5. The summed E-state index contributed by atoms with van der Waals surface area (Å²) in [5, 5.41) is 9.68. The van der Waals surface area contributed by atoms with E-state index < -0.39 is 0 Å². The topological polar surface area (TPSA) is 76.1 Å². The molecule has 140 valence electrons. The maximum absolute atomic E-state index is 12.7. The highest BCUT2D eigenvalue weighted by molar-refractivity contribution is 8.18. The van der Waals surface area contributed by atoms with Gasteiger partial charge in [0.1, 0.15) is 0 Å². The predicted octanol–water partition coefficient (Wildman–Crippen LogP) is 3.95. The van der Waals surface area contributed by atoms with Crippen LogP contribution < -0.4 is 9.47 Å². The lowest BCUT2D eigenvalue weighted by atomic mass is 10.1. The van der Waals surface area contributed by atoms with Gasteiger partial charge in [-0.05, 0) is 48.0 Å². The maximum atomic E-state index is 12.7. The molecule has 1 fully saturated rings. The third-order valence-electron chi connectivity index (χ3n) is 4.10. The van der Waals surface area contributed by atoms with Crippen molar-refractivity contribution in [1.29, 1.82) is 0 Å². The molecule has 27 heavy (non-hydrogen) atoms. The molecule has 0 spiro atoms. The van der Waals surface area contributed by atoms with Crippen LogP contribution in [0.5, 0.6) is 17.2 Å². The minimum atomic E-state index is -0.350. The zero-order valence-corrected chi connectivity index (χ0v) is 16.0. The first-order valence-electron chi connectivity index (χ1n) is 8.19. The second-order valence-corrected chi connectivity index (χ2v) is 7.02. The fraction of sp³-hybridized carbons (Fsp3) is 0.200. The summed E-state index contributed by atoms with van der Waals surface area (Å²) in [7, 11) is 2.85. The number of carbonyl (C=O) groups excluding carboxylic acids is 2. The fourth-order valence-corrected chi connectivity index (χ4v) is 3.62. The summed E-state index contributed by atoms with van der Waals surface area (Å²) in [6, 6.07) is 10.8. The number of imide groups is 1. The Labute approximate surface area is 161 Å². The highest BCUT2D eigenvalue weighted by Gasteiger charge is 2.35. The van der Waals surface area contributed by atoms with Crippen molar-refractivity contribution in [2.45, 2.75) is 13.5 Å². The Morgan fingerprint density at radius 2 is 1.78 bits per heavy atom. The van der Waals surface area contributed by atoms with Crippen LogP contribution in [0.25, 0.3) is 6.08 Å². The summed E-state index contributed by atoms with van der Waals surface area (Å²) < 4.78 is 10.2. The van der Waals surface area contributed by atoms with Gasteiger partial charge in [0, 0.05) is 0 Å². The lowest BCUT2D eigenvalue weighted by Crippen LogP contribution is -2.27. The van der Waals surface area contributed by atoms with E-state index in [1.165, 1.54) is 19.1 Å². The Bertz CT molecular complexity index is 913. The average Bonchev–Trinajstić information content (AvgIpc) is 2.90. The Morgan fingerprint density at radius 1 is 1.11 bits per heavy atom. The Morgan fingerprint density at radius 3 is 2.37 bits per heavy atom. The number of ether oxygens (including phenoxy) is 2. The van der Waals surface area contributed by atoms with E-state index in [0.29, 0.717) is 10.5 Å². The first-order chi connectivity index (χ1) is 12.9. The molecule has 6 nitrogen and oxygen atoms in total. The van der Waals surface area contributed by atoms with Crippen molar-refractivity contribution in [3.63, 3.8) is 0 Å². The Kier molecular flexibility index (Phi) is 5.41. The number of hydrogen-bond acceptors (Lipinski definition) is 6. The summed E-state index contributed by atoms with van der Waals surface area (Å²) in [5.74, 6) is -0.0265. The average molecular weight is 385 g/mol. The van der Waals surface area contributed by atoms with Gasteiger partial charge in [-0.1, -0.05) is 29.8 Å². The summed E-state index contributed by atoms with van der Waals surface area (Å²) in [6.45, 7) is 2.19. The molecule has 0 atom stereocenters. The fourth-order valence-electron chi connectivity index (χ4n) is 2.78. The molecule has 2 aromatic carbocycles. The predicted molar refractivity (Wildman–Crippen MR) is 104 cm³/mol. The molecule has 2 amide bonds. The largest absolute Gasteiger partial charge is 0.502 e. The molecule has 0 aliphatic carbocycles. The van der Waals surface area contributed by atoms with Crippen LogP contribution in [0.4, 0.5) is 4.79 Å². The minimum absolute atomic E-state index is 0.121. The van der Waals surface area contributed by atoms with Gasteiger partial charge in [-0.15, -0.1) is 0 Å². The van der Waals surface area contributed by atoms with Crippen LogP contribution in [0.1, 0.15) is 16.7 Å². The van der Waals surface area contributed by atoms with Crippen molar-refractivity contribution in [2.24, 2.45) is 0 Å². The molecule has 0 radical (unpaired) electrons. The number of aromatic hydroxyl groups is 1. The summed E-state index contributed by atoms with van der Waals surface area (Å²) >= 11 is 0.886. The number of nitrogens with zero attached hydrogens (tertiary/aromatic N) is 1. The molecule has 2 aromatic rings. The molecule has 1 aliphatic heterocycles. The van der Waals surface area contributed by atoms with Gasteiger partial charge >= 0.3 is 0 Å². The van der Waals surface area contributed by atoms with Crippen LogP contribution in [0.2, 0.25) is 0 Å². The van der Waals surface area contributed by atoms with Crippen molar-refractivity contribution in [2.75, 3.05) is 14.2 Å². The monoisotopic (exact) mass is 385 g/mol. The molecule has 1 aliphatic rings. The van der Waals surface area contributed by atoms with Gasteiger partial charge in [0.2, 0.25) is 5.75 Å². The highest BCUT2D eigenvalue weighted by atomic mass is 32.2. The van der Waals surface area contributed by atoms with Crippen LogP contribution in [-0.4, -0.2) is 35.4 Å². The molecule has 1 N–H and O–H groups in total. The second-order valence-electron chi connectivity index (χ2n) is 6.03. The number of methoxy groups -OCH3 is 2. The first-order valence-corrected chi connectivity index (χ1v) is 9.00. The van der Waals surface area contributed by atoms with Crippen molar-refractivity contribution < 1.29 is 24.2 Å². The third kappa shape index (κ3) is 3.93. The number of phenols is 1. The normalized spacial score (nSPS) is 15.5. The number of benzene rings is 2. The quantitative estimate of drug-likeness (QED) is 0.786. The van der Waals surface area contributed by atoms with E-state index in [-0.39, 0.29) is 34.9 Å². The molecule has 7 heteroatoms. The number of carbonyl (C=O) groups is 2. The van der Waals surface area contributed by atoms with Crippen molar-refractivity contribution >= 4 is 29.0 Å². The number of hydrogen-bond donors (Lipinski definition) is 1. The van der Waals surface area contributed by atoms with Crippen molar-refractivity contribution in [3.05, 3.63) is 58.0 Å². The van der Waals surface area contributed by atoms with Gasteiger partial charge in [-0.25, -0.2) is 0 Å². The smallest absolute Gasteiger partial charge is 0.293 e. The summed E-state index contributed by atoms with van der Waals surface area (Å²) in [5.41, 5.74) is 2.55. The molecule has 0 saturated carbocycles. The van der Waals surface area contributed by atoms with Gasteiger partial charge in [-0.3, -0.25) is 14.5 Å². The Balaban J connectivity index is 1.88. The number of thioether (sulfide) groups is 1. The van der Waals surface area contributed by atoms with Crippen LogP contribution in [0.3, 0.4) is 0 Å². The number of phenolic OH excluding ortho intramolecular Hbond substituents is 1. The highest BCUT2D eigenvalue weighted by Crippen LogP contribution is 2.39. The van der Waals surface area contributed by atoms with E-state index in [1.54, 1.807) is 18.2 Å². The molecule has 0 bridgehead atoms. The van der Waals surface area contributed by atoms with Gasteiger partial charge in [-0.2, -0.15) is 0 Å². The van der Waals surface area contributed by atoms with E-state index in [1.807, 2.05) is 31.2 Å². The van der Waals surface area contributed by atoms with Crippen molar-refractivity contribution in [1.82, 2.24) is 4.90 Å². The van der Waals surface area contributed by atoms with Crippen LogP contribution in [0.15, 0.2) is 41.3 Å². The molecular weight excluding hydrogens is 366 g/mol. The van der Waals surface area contributed by atoms with E-state index in [0.717, 1.165) is 22.9 Å². The lowest BCUT2D eigenvalue weighted by molar-refractivity contribution is -0.123. The van der Waals surface area contributed by atoms with E-state index in [9.17, 15) is 14.7 Å². The second kappa shape index (κ2) is 7.75. The van der Waals surface area contributed by atoms with Crippen LogP contribution in [-0.2, 0) is 11.3 Å². The lowest BCUT2D eigenvalue weighted by Gasteiger charge is -2.13. The van der Waals surface area contributed by atoms with Crippen LogP contribution >= 0.6 is 11.8 Å². The molecule has 0 aromatic heterocycles. The third-order valence-corrected chi connectivity index (χ3v) is 5.00. The molecule has 0 unspecified atom stereocenters. The molecule has 1 saturated heterocycles. The van der Waals surface area contributed by atoms with E-state index in [2.05, 4.69) is 0 Å². The standard InChI is InChI=1S/C20H19NO5S/c1-12-5-4-6-13(7-12)11-21-19(23)17(27-20(21)24)10-14-8-15(25-2)18(22)16(9-14)26-3/h4-10,22H,11H2,1-3H3/b17-10+.